The number of nitrogens with zero attached hydrogens (tertiary/aromatic N) is 2. The Kier molecular flexibility index (Phi) is 3.23. The van der Waals surface area contributed by atoms with Crippen LogP contribution in [-0.4, -0.2) is 33.0 Å². The molecule has 1 fully saturated rings. The van der Waals surface area contributed by atoms with Crippen LogP contribution in [0.2, 0.25) is 0 Å². The van der Waals surface area contributed by atoms with Gasteiger partial charge in [0.15, 0.2) is 5.16 Å². The summed E-state index contributed by atoms with van der Waals surface area (Å²) in [7, 11) is 0. The second-order valence-corrected chi connectivity index (χ2v) is 4.93. The third-order valence-electron chi connectivity index (χ3n) is 2.70. The van der Waals surface area contributed by atoms with E-state index >= 15 is 0 Å². The van der Waals surface area contributed by atoms with Gasteiger partial charge in [-0.2, -0.15) is 0 Å². The molecular formula is C10H15N3OS. The molecule has 2 rings (SSSR count). The van der Waals surface area contributed by atoms with Crippen molar-refractivity contribution in [1.82, 2.24) is 9.97 Å². The van der Waals surface area contributed by atoms with Gasteiger partial charge in [0.25, 0.3) is 0 Å². The minimum Gasteiger partial charge on any atom is -0.394 e. The summed E-state index contributed by atoms with van der Waals surface area (Å²) in [6.07, 6.45) is 5.69. The van der Waals surface area contributed by atoms with Gasteiger partial charge in [-0.1, -0.05) is 11.8 Å². The van der Waals surface area contributed by atoms with Crippen LogP contribution >= 0.6 is 11.8 Å². The van der Waals surface area contributed by atoms with Gasteiger partial charge < -0.3 is 10.8 Å². The number of aliphatic hydroxyl groups is 1. The molecule has 82 valence electrons. The topological polar surface area (TPSA) is 72.0 Å². The van der Waals surface area contributed by atoms with Gasteiger partial charge in [-0.05, 0) is 24.8 Å². The number of hydrogen-bond acceptors (Lipinski definition) is 5. The third-order valence-corrected chi connectivity index (χ3v) is 3.85. The van der Waals surface area contributed by atoms with E-state index in [1.165, 1.54) is 11.8 Å². The minimum absolute atomic E-state index is 0.0392. The molecule has 15 heavy (non-hydrogen) atoms. The van der Waals surface area contributed by atoms with Gasteiger partial charge in [-0.15, -0.1) is 0 Å². The van der Waals surface area contributed by atoms with Crippen molar-refractivity contribution in [2.24, 2.45) is 11.7 Å². The van der Waals surface area contributed by atoms with Crippen LogP contribution in [0, 0.1) is 5.92 Å². The van der Waals surface area contributed by atoms with Gasteiger partial charge in [0, 0.05) is 18.1 Å². The lowest BCUT2D eigenvalue weighted by Crippen LogP contribution is -2.48. The van der Waals surface area contributed by atoms with Crippen LogP contribution in [0.25, 0.3) is 0 Å². The van der Waals surface area contributed by atoms with E-state index in [0.717, 1.165) is 18.0 Å². The largest absolute Gasteiger partial charge is 0.394 e. The van der Waals surface area contributed by atoms with Crippen molar-refractivity contribution in [3.05, 3.63) is 18.5 Å². The number of rotatable bonds is 5. The predicted molar refractivity (Wildman–Crippen MR) is 59.5 cm³/mol. The normalized spacial score (nSPS) is 19.9. The summed E-state index contributed by atoms with van der Waals surface area (Å²) in [6, 6.07) is 1.78. The Labute approximate surface area is 93.3 Å². The van der Waals surface area contributed by atoms with E-state index in [-0.39, 0.29) is 6.61 Å². The van der Waals surface area contributed by atoms with Crippen LogP contribution in [0.4, 0.5) is 0 Å². The molecule has 4 nitrogen and oxygen atoms in total. The molecule has 0 aromatic carbocycles. The number of aliphatic hydroxyl groups excluding tert-OH is 1. The van der Waals surface area contributed by atoms with E-state index in [2.05, 4.69) is 9.97 Å². The summed E-state index contributed by atoms with van der Waals surface area (Å²) < 4.78 is 0. The quantitative estimate of drug-likeness (QED) is 0.569. The minimum atomic E-state index is -0.454. The average Bonchev–Trinajstić information content (AvgIpc) is 3.11. The highest BCUT2D eigenvalue weighted by atomic mass is 32.2. The molecule has 0 radical (unpaired) electrons. The molecule has 0 aliphatic heterocycles. The first kappa shape index (κ1) is 10.9. The van der Waals surface area contributed by atoms with E-state index in [1.54, 1.807) is 18.5 Å². The maximum Gasteiger partial charge on any atom is 0.187 e. The fourth-order valence-electron chi connectivity index (χ4n) is 1.51. The van der Waals surface area contributed by atoms with Crippen molar-refractivity contribution in [2.75, 3.05) is 12.4 Å². The zero-order chi connectivity index (χ0) is 10.7. The monoisotopic (exact) mass is 225 g/mol. The van der Waals surface area contributed by atoms with Crippen molar-refractivity contribution >= 4 is 11.8 Å². The SMILES string of the molecule is NC(CO)(CSc1ncccn1)C1CC1. The summed E-state index contributed by atoms with van der Waals surface area (Å²) in [6.45, 7) is 0.0392. The Morgan fingerprint density at radius 1 is 1.47 bits per heavy atom. The fraction of sp³-hybridized carbons (Fsp3) is 0.600. The van der Waals surface area contributed by atoms with Crippen LogP contribution < -0.4 is 5.73 Å². The van der Waals surface area contributed by atoms with Gasteiger partial charge in [-0.25, -0.2) is 9.97 Å². The summed E-state index contributed by atoms with van der Waals surface area (Å²) in [5.74, 6) is 1.15. The van der Waals surface area contributed by atoms with E-state index in [0.29, 0.717) is 11.7 Å². The molecule has 3 N–H and O–H groups in total. The van der Waals surface area contributed by atoms with E-state index < -0.39 is 5.54 Å². The summed E-state index contributed by atoms with van der Waals surface area (Å²) in [4.78, 5) is 8.22. The highest BCUT2D eigenvalue weighted by Crippen LogP contribution is 2.40. The van der Waals surface area contributed by atoms with Crippen LogP contribution in [0.15, 0.2) is 23.6 Å². The molecule has 1 atom stereocenters. The molecule has 0 spiro atoms. The molecule has 1 heterocycles. The molecule has 1 aliphatic rings. The molecule has 1 aromatic rings. The Bertz CT molecular complexity index is 318. The first-order chi connectivity index (χ1) is 7.24. The fourth-order valence-corrected chi connectivity index (χ4v) is 2.51. The van der Waals surface area contributed by atoms with Crippen molar-refractivity contribution in [2.45, 2.75) is 23.5 Å². The van der Waals surface area contributed by atoms with E-state index in [1.807, 2.05) is 0 Å². The predicted octanol–water partition coefficient (Wildman–Crippen LogP) is 0.669. The lowest BCUT2D eigenvalue weighted by molar-refractivity contribution is 0.194. The highest BCUT2D eigenvalue weighted by Gasteiger charge is 2.41. The van der Waals surface area contributed by atoms with E-state index in [4.69, 9.17) is 5.73 Å². The van der Waals surface area contributed by atoms with Crippen molar-refractivity contribution in [3.8, 4) is 0 Å². The lowest BCUT2D eigenvalue weighted by Gasteiger charge is -2.26. The third kappa shape index (κ3) is 2.68. The molecule has 5 heteroatoms. The maximum atomic E-state index is 9.29. The molecule has 0 saturated heterocycles. The van der Waals surface area contributed by atoms with Crippen LogP contribution in [-0.2, 0) is 0 Å². The summed E-state index contributed by atoms with van der Waals surface area (Å²) >= 11 is 1.51. The first-order valence-corrected chi connectivity index (χ1v) is 6.03. The molecule has 0 amide bonds. The Balaban J connectivity index is 1.91. The number of nitrogens with two attached hydrogens (primary N) is 1. The molecule has 1 saturated carbocycles. The highest BCUT2D eigenvalue weighted by molar-refractivity contribution is 7.99. The van der Waals surface area contributed by atoms with Gasteiger partial charge in [0.2, 0.25) is 0 Å². The number of hydrogen-bond donors (Lipinski definition) is 2. The second kappa shape index (κ2) is 4.47. The summed E-state index contributed by atoms with van der Waals surface area (Å²) in [5.41, 5.74) is 5.67. The zero-order valence-corrected chi connectivity index (χ0v) is 9.28. The van der Waals surface area contributed by atoms with Gasteiger partial charge in [-0.3, -0.25) is 0 Å². The van der Waals surface area contributed by atoms with Crippen LogP contribution in [0.1, 0.15) is 12.8 Å². The molecule has 0 bridgehead atoms. The zero-order valence-electron chi connectivity index (χ0n) is 8.47. The van der Waals surface area contributed by atoms with E-state index in [9.17, 15) is 5.11 Å². The van der Waals surface area contributed by atoms with Crippen molar-refractivity contribution in [3.63, 3.8) is 0 Å². The Morgan fingerprint density at radius 3 is 2.67 bits per heavy atom. The number of aromatic nitrogens is 2. The van der Waals surface area contributed by atoms with Crippen LogP contribution in [0.5, 0.6) is 0 Å². The smallest absolute Gasteiger partial charge is 0.187 e. The van der Waals surface area contributed by atoms with Crippen LogP contribution in [0.3, 0.4) is 0 Å². The van der Waals surface area contributed by atoms with Gasteiger partial charge in [0.05, 0.1) is 12.1 Å². The molecule has 1 aliphatic carbocycles. The lowest BCUT2D eigenvalue weighted by atomic mass is 9.99. The van der Waals surface area contributed by atoms with Gasteiger partial charge >= 0.3 is 0 Å². The van der Waals surface area contributed by atoms with Gasteiger partial charge in [0.1, 0.15) is 0 Å². The standard InChI is InChI=1S/C10H15N3OS/c11-10(6-14,8-2-3-8)7-15-9-12-4-1-5-13-9/h1,4-5,8,14H,2-3,6-7,11H2. The van der Waals surface area contributed by atoms with Crippen molar-refractivity contribution < 1.29 is 5.11 Å². The Morgan fingerprint density at radius 2 is 2.13 bits per heavy atom. The first-order valence-electron chi connectivity index (χ1n) is 5.04. The maximum absolute atomic E-state index is 9.29. The molecule has 1 unspecified atom stereocenters. The number of thioether (sulfide) groups is 1. The molecular weight excluding hydrogens is 210 g/mol. The average molecular weight is 225 g/mol. The second-order valence-electron chi connectivity index (χ2n) is 3.99. The summed E-state index contributed by atoms with van der Waals surface area (Å²) in [5, 5.41) is 10.0. The molecule has 1 aromatic heterocycles. The Hall–Kier alpha value is -0.650. The van der Waals surface area contributed by atoms with Crippen molar-refractivity contribution in [1.29, 1.82) is 0 Å².